The maximum atomic E-state index is 12.4. The molecule has 0 atom stereocenters. The monoisotopic (exact) mass is 353 g/mol. The van der Waals surface area contributed by atoms with Gasteiger partial charge in [0, 0.05) is 17.4 Å². The number of nitrogens with two attached hydrogens (primary N) is 1. The average molecular weight is 353 g/mol. The van der Waals surface area contributed by atoms with Gasteiger partial charge in [0.05, 0.1) is 0 Å². The molecule has 25 heavy (non-hydrogen) atoms. The van der Waals surface area contributed by atoms with Crippen LogP contribution >= 0.6 is 0 Å². The third kappa shape index (κ3) is 4.69. The van der Waals surface area contributed by atoms with Crippen LogP contribution in [0, 0.1) is 6.92 Å². The normalized spacial score (nSPS) is 11.0. The topological polar surface area (TPSA) is 94.3 Å². The Hall–Kier alpha value is -3.10. The van der Waals surface area contributed by atoms with Gasteiger partial charge in [-0.15, -0.1) is 0 Å². The summed E-state index contributed by atoms with van der Waals surface area (Å²) in [6, 6.07) is 7.22. The van der Waals surface area contributed by atoms with Crippen LogP contribution in [-0.4, -0.2) is 29.6 Å². The van der Waals surface area contributed by atoms with Gasteiger partial charge in [-0.25, -0.2) is 4.98 Å². The molecule has 0 spiro atoms. The number of anilines is 1. The minimum atomic E-state index is -4.56. The number of nitrogens with one attached hydrogen (secondary N) is 1. The summed E-state index contributed by atoms with van der Waals surface area (Å²) in [5, 5.41) is 2.51. The van der Waals surface area contributed by atoms with E-state index >= 15 is 0 Å². The first-order valence-corrected chi connectivity index (χ1v) is 7.04. The minimum Gasteiger partial charge on any atom is -0.467 e. The summed E-state index contributed by atoms with van der Waals surface area (Å²) in [7, 11) is 0. The number of aromatic nitrogens is 1. The number of halogens is 3. The van der Waals surface area contributed by atoms with Crippen LogP contribution in [0.1, 0.15) is 26.3 Å². The summed E-state index contributed by atoms with van der Waals surface area (Å²) in [4.78, 5) is 27.4. The Kier molecular flexibility index (Phi) is 5.26. The number of benzene rings is 1. The van der Waals surface area contributed by atoms with Gasteiger partial charge >= 0.3 is 6.18 Å². The van der Waals surface area contributed by atoms with Gasteiger partial charge in [0.15, 0.2) is 6.61 Å². The first kappa shape index (κ1) is 18.2. The Labute approximate surface area is 140 Å². The summed E-state index contributed by atoms with van der Waals surface area (Å²) in [5.41, 5.74) is 6.02. The smallest absolute Gasteiger partial charge is 0.422 e. The number of alkyl halides is 3. The SMILES string of the molecule is Cc1c(NC(=O)c2cccnc2OCC(F)(F)F)cccc1C(N)=O. The number of rotatable bonds is 5. The summed E-state index contributed by atoms with van der Waals surface area (Å²) < 4.78 is 41.5. The summed E-state index contributed by atoms with van der Waals surface area (Å²) in [6.45, 7) is 0.0144. The first-order valence-electron chi connectivity index (χ1n) is 7.04. The molecule has 2 rings (SSSR count). The van der Waals surface area contributed by atoms with Crippen LogP contribution in [0.4, 0.5) is 18.9 Å². The molecule has 2 aromatic rings. The molecule has 1 aromatic carbocycles. The highest BCUT2D eigenvalue weighted by Crippen LogP contribution is 2.23. The number of carbonyl (C=O) groups is 2. The van der Waals surface area contributed by atoms with Crippen molar-refractivity contribution in [3.8, 4) is 5.88 Å². The largest absolute Gasteiger partial charge is 0.467 e. The summed E-state index contributed by atoms with van der Waals surface area (Å²) >= 11 is 0. The third-order valence-electron chi connectivity index (χ3n) is 3.24. The van der Waals surface area contributed by atoms with Gasteiger partial charge in [-0.3, -0.25) is 9.59 Å². The molecule has 0 saturated carbocycles. The van der Waals surface area contributed by atoms with Gasteiger partial charge < -0.3 is 15.8 Å². The van der Waals surface area contributed by atoms with Crippen LogP contribution in [-0.2, 0) is 0 Å². The van der Waals surface area contributed by atoms with Gasteiger partial charge in [0.2, 0.25) is 11.8 Å². The van der Waals surface area contributed by atoms with E-state index in [1.165, 1.54) is 36.5 Å². The fourth-order valence-corrected chi connectivity index (χ4v) is 2.06. The fraction of sp³-hybridized carbons (Fsp3) is 0.188. The van der Waals surface area contributed by atoms with Gasteiger partial charge in [0.1, 0.15) is 5.56 Å². The summed E-state index contributed by atoms with van der Waals surface area (Å²) in [5.74, 6) is -1.83. The highest BCUT2D eigenvalue weighted by Gasteiger charge is 2.29. The zero-order valence-corrected chi connectivity index (χ0v) is 13.1. The van der Waals surface area contributed by atoms with Crippen molar-refractivity contribution in [2.24, 2.45) is 5.73 Å². The fourth-order valence-electron chi connectivity index (χ4n) is 2.06. The van der Waals surface area contributed by atoms with E-state index in [-0.39, 0.29) is 11.1 Å². The molecule has 0 radical (unpaired) electrons. The zero-order valence-electron chi connectivity index (χ0n) is 13.1. The molecular formula is C16H14F3N3O3. The minimum absolute atomic E-state index is 0.171. The maximum absolute atomic E-state index is 12.4. The van der Waals surface area contributed by atoms with Gasteiger partial charge in [-0.1, -0.05) is 6.07 Å². The number of hydrogen-bond donors (Lipinski definition) is 2. The van der Waals surface area contributed by atoms with E-state index in [4.69, 9.17) is 5.73 Å². The molecular weight excluding hydrogens is 339 g/mol. The lowest BCUT2D eigenvalue weighted by Crippen LogP contribution is -2.22. The van der Waals surface area contributed by atoms with E-state index in [2.05, 4.69) is 15.0 Å². The second-order valence-electron chi connectivity index (χ2n) is 5.06. The predicted molar refractivity (Wildman–Crippen MR) is 83.4 cm³/mol. The van der Waals surface area contributed by atoms with Gasteiger partial charge in [0.25, 0.3) is 5.91 Å². The van der Waals surface area contributed by atoms with E-state index in [0.29, 0.717) is 11.3 Å². The third-order valence-corrected chi connectivity index (χ3v) is 3.24. The molecule has 0 aliphatic carbocycles. The van der Waals surface area contributed by atoms with Gasteiger partial charge in [-0.2, -0.15) is 13.2 Å². The van der Waals surface area contributed by atoms with Crippen molar-refractivity contribution < 1.29 is 27.5 Å². The molecule has 0 saturated heterocycles. The molecule has 1 aromatic heterocycles. The molecule has 0 aliphatic heterocycles. The van der Waals surface area contributed by atoms with E-state index < -0.39 is 30.5 Å². The van der Waals surface area contributed by atoms with Crippen molar-refractivity contribution in [1.29, 1.82) is 0 Å². The highest BCUT2D eigenvalue weighted by molar-refractivity contribution is 6.07. The second kappa shape index (κ2) is 7.20. The van der Waals surface area contributed by atoms with Crippen LogP contribution in [0.25, 0.3) is 0 Å². The Morgan fingerprint density at radius 1 is 1.20 bits per heavy atom. The van der Waals surface area contributed by atoms with Crippen LogP contribution < -0.4 is 15.8 Å². The number of carbonyl (C=O) groups excluding carboxylic acids is 2. The molecule has 0 bridgehead atoms. The Morgan fingerprint density at radius 3 is 2.52 bits per heavy atom. The molecule has 0 aliphatic rings. The molecule has 9 heteroatoms. The lowest BCUT2D eigenvalue weighted by Gasteiger charge is -2.13. The van der Waals surface area contributed by atoms with Crippen molar-refractivity contribution >= 4 is 17.5 Å². The number of pyridine rings is 1. The number of nitrogens with zero attached hydrogens (tertiary/aromatic N) is 1. The predicted octanol–water partition coefficient (Wildman–Crippen LogP) is 2.68. The number of ether oxygens (including phenoxy) is 1. The molecule has 132 valence electrons. The van der Waals surface area contributed by atoms with E-state index in [0.717, 1.165) is 0 Å². The Bertz CT molecular complexity index is 807. The van der Waals surface area contributed by atoms with Crippen LogP contribution in [0.5, 0.6) is 5.88 Å². The molecule has 0 fully saturated rings. The van der Waals surface area contributed by atoms with E-state index in [1.807, 2.05) is 0 Å². The maximum Gasteiger partial charge on any atom is 0.422 e. The highest BCUT2D eigenvalue weighted by atomic mass is 19.4. The lowest BCUT2D eigenvalue weighted by atomic mass is 10.1. The number of hydrogen-bond acceptors (Lipinski definition) is 4. The standard InChI is InChI=1S/C16H14F3N3O3/c1-9-10(13(20)23)4-2-6-12(9)22-14(24)11-5-3-7-21-15(11)25-8-16(17,18)19/h2-7H,8H2,1H3,(H2,20,23)(H,22,24). The number of amides is 2. The van der Waals surface area contributed by atoms with Gasteiger partial charge in [-0.05, 0) is 36.8 Å². The van der Waals surface area contributed by atoms with Crippen molar-refractivity contribution in [3.63, 3.8) is 0 Å². The van der Waals surface area contributed by atoms with Crippen molar-refractivity contribution in [2.45, 2.75) is 13.1 Å². The lowest BCUT2D eigenvalue weighted by molar-refractivity contribution is -0.154. The van der Waals surface area contributed by atoms with Crippen LogP contribution in [0.15, 0.2) is 36.5 Å². The van der Waals surface area contributed by atoms with E-state index in [1.54, 1.807) is 6.92 Å². The van der Waals surface area contributed by atoms with Crippen molar-refractivity contribution in [1.82, 2.24) is 4.98 Å². The summed E-state index contributed by atoms with van der Waals surface area (Å²) in [6.07, 6.45) is -3.35. The Balaban J connectivity index is 2.25. The van der Waals surface area contributed by atoms with Crippen molar-refractivity contribution in [2.75, 3.05) is 11.9 Å². The van der Waals surface area contributed by atoms with Crippen molar-refractivity contribution in [3.05, 3.63) is 53.2 Å². The average Bonchev–Trinajstić information content (AvgIpc) is 2.54. The van der Waals surface area contributed by atoms with E-state index in [9.17, 15) is 22.8 Å². The first-order chi connectivity index (χ1) is 11.7. The zero-order chi connectivity index (χ0) is 18.6. The molecule has 6 nitrogen and oxygen atoms in total. The number of primary amides is 1. The second-order valence-corrected chi connectivity index (χ2v) is 5.06. The van der Waals surface area contributed by atoms with Crippen LogP contribution in [0.2, 0.25) is 0 Å². The Morgan fingerprint density at radius 2 is 1.88 bits per heavy atom. The quantitative estimate of drug-likeness (QED) is 0.864. The van der Waals surface area contributed by atoms with Crippen LogP contribution in [0.3, 0.4) is 0 Å². The molecule has 1 heterocycles. The molecule has 3 N–H and O–H groups in total. The molecule has 0 unspecified atom stereocenters. The molecule has 2 amide bonds.